The molecule has 2 rings (SSSR count). The average Bonchev–Trinajstić information content (AvgIpc) is 2.31. The third-order valence-corrected chi connectivity index (χ3v) is 1.94. The van der Waals surface area contributed by atoms with Crippen LogP contribution >= 0.6 is 0 Å². The molecule has 1 aliphatic rings. The monoisotopic (exact) mass is 196 g/mol. The van der Waals surface area contributed by atoms with Crippen molar-refractivity contribution in [1.82, 2.24) is 0 Å². The topological polar surface area (TPSA) is 13.1 Å². The molecular weight excluding hydrogens is 179 g/mol. The molecule has 1 nitrogen and oxygen atoms in total. The molecule has 0 bridgehead atoms. The van der Waals surface area contributed by atoms with Crippen LogP contribution in [0.5, 0.6) is 0 Å². The van der Waals surface area contributed by atoms with Gasteiger partial charge in [-0.1, -0.05) is 6.92 Å². The van der Waals surface area contributed by atoms with E-state index in [0.29, 0.717) is 0 Å². The maximum Gasteiger partial charge on any atom is 1.00 e. The van der Waals surface area contributed by atoms with Gasteiger partial charge in [0.25, 0.3) is 0 Å². The maximum atomic E-state index is 5.48. The molecule has 0 aromatic carbocycles. The van der Waals surface area contributed by atoms with Crippen molar-refractivity contribution in [2.75, 3.05) is 0 Å². The number of hydrogen-bond donors (Lipinski definition) is 0. The zero-order chi connectivity index (χ0) is 8.55. The zero-order valence-electron chi connectivity index (χ0n) is 10.3. The molecule has 0 saturated heterocycles. The van der Waals surface area contributed by atoms with Crippen LogP contribution in [0.4, 0.5) is 0 Å². The summed E-state index contributed by atoms with van der Waals surface area (Å²) in [5, 5.41) is 0. The number of hydrogen-bond acceptors (Lipinski definition) is 1. The van der Waals surface area contributed by atoms with Gasteiger partial charge in [-0.15, -0.1) is 12.2 Å². The van der Waals surface area contributed by atoms with E-state index in [-0.39, 0.29) is 33.7 Å². The van der Waals surface area contributed by atoms with E-state index in [2.05, 4.69) is 31.2 Å². The summed E-state index contributed by atoms with van der Waals surface area (Å²) in [7, 11) is 0. The fourth-order valence-electron chi connectivity index (χ4n) is 1.30. The van der Waals surface area contributed by atoms with E-state index < -0.39 is 0 Å². The molecule has 1 heterocycles. The Labute approximate surface area is 105 Å². The fraction of sp³-hybridized carbons (Fsp3) is 0.154. The first-order valence-electron chi connectivity index (χ1n) is 4.06. The second kappa shape index (κ2) is 6.66. The first-order valence-corrected chi connectivity index (χ1v) is 4.06. The number of fused-ring (bicyclic) bond motifs is 1. The Balaban J connectivity index is 0. The molecule has 0 unspecified atom stereocenters. The van der Waals surface area contributed by atoms with Gasteiger partial charge in [0, 0.05) is 0 Å². The third-order valence-electron chi connectivity index (χ3n) is 1.94. The predicted molar refractivity (Wildman–Crippen MR) is 63.3 cm³/mol. The van der Waals surface area contributed by atoms with Crippen LogP contribution in [-0.4, -0.2) is 0 Å². The van der Waals surface area contributed by atoms with Crippen molar-refractivity contribution >= 4 is 12.2 Å². The molecule has 1 aromatic rings. The summed E-state index contributed by atoms with van der Waals surface area (Å²) in [5.41, 5.74) is 1.17. The van der Waals surface area contributed by atoms with Crippen molar-refractivity contribution in [3.8, 4) is 0 Å². The van der Waals surface area contributed by atoms with Crippen molar-refractivity contribution < 1.29 is 23.3 Å². The molecule has 1 aliphatic carbocycles. The fourth-order valence-corrected chi connectivity index (χ4v) is 1.30. The first kappa shape index (κ1) is 16.6. The van der Waals surface area contributed by atoms with Crippen LogP contribution in [0.25, 0.3) is 12.2 Å². The number of rotatable bonds is 0. The smallest absolute Gasteiger partial charge is 0.475 e. The van der Waals surface area contributed by atoms with Gasteiger partial charge in [0.05, 0.1) is 11.5 Å². The van der Waals surface area contributed by atoms with Crippen molar-refractivity contribution in [2.24, 2.45) is 0 Å². The van der Waals surface area contributed by atoms with E-state index in [1.165, 1.54) is 11.5 Å². The summed E-state index contributed by atoms with van der Waals surface area (Å²) in [6, 6.07) is 2.05. The molecule has 0 saturated carbocycles. The quantitative estimate of drug-likeness (QED) is 0.448. The number of allylic oxidation sites excluding steroid dienone is 2. The second-order valence-corrected chi connectivity index (χ2v) is 3.09. The molecule has 0 spiro atoms. The van der Waals surface area contributed by atoms with Gasteiger partial charge in [-0.2, -0.15) is 18.1 Å². The van der Waals surface area contributed by atoms with E-state index in [1.807, 2.05) is 13.0 Å². The van der Waals surface area contributed by atoms with Crippen LogP contribution in [0.2, 0.25) is 0 Å². The molecule has 0 fully saturated rings. The standard InChI is InChI=1S/C11H11O.2CH3.Li/c1-8-3-5-10-7-9(2)12-11(10)6-4-8;;;/h3-7H,1-2H3;2*1H3;/q3*-1;+1. The largest absolute Gasteiger partial charge is 1.00 e. The summed E-state index contributed by atoms with van der Waals surface area (Å²) in [4.78, 5) is 0. The maximum absolute atomic E-state index is 5.48. The number of aryl methyl sites for hydroxylation is 1. The van der Waals surface area contributed by atoms with Crippen LogP contribution in [0.15, 0.2) is 22.6 Å². The molecule has 0 radical (unpaired) electrons. The third kappa shape index (κ3) is 3.70. The van der Waals surface area contributed by atoms with Gasteiger partial charge >= 0.3 is 18.9 Å². The van der Waals surface area contributed by atoms with Gasteiger partial charge in [0.15, 0.2) is 0 Å². The predicted octanol–water partition coefficient (Wildman–Crippen LogP) is 1.13. The molecule has 78 valence electrons. The summed E-state index contributed by atoms with van der Waals surface area (Å²) >= 11 is 0. The van der Waals surface area contributed by atoms with Crippen LogP contribution in [0, 0.1) is 27.7 Å². The Kier molecular flexibility index (Phi) is 7.40. The Morgan fingerprint density at radius 3 is 2.40 bits per heavy atom. The van der Waals surface area contributed by atoms with Gasteiger partial charge < -0.3 is 19.3 Å². The Morgan fingerprint density at radius 1 is 1.13 bits per heavy atom. The Bertz CT molecular complexity index is 316. The molecule has 1 aromatic heterocycles. The van der Waals surface area contributed by atoms with Crippen LogP contribution in [0.3, 0.4) is 0 Å². The minimum Gasteiger partial charge on any atom is -0.475 e. The van der Waals surface area contributed by atoms with Crippen molar-refractivity contribution in [3.05, 3.63) is 56.1 Å². The van der Waals surface area contributed by atoms with Crippen LogP contribution in [-0.2, 0) is 0 Å². The minimum absolute atomic E-state index is 0. The van der Waals surface area contributed by atoms with Gasteiger partial charge in [-0.3, -0.25) is 0 Å². The average molecular weight is 196 g/mol. The first-order chi connectivity index (χ1) is 5.75. The summed E-state index contributed by atoms with van der Waals surface area (Å²) < 4.78 is 5.48. The van der Waals surface area contributed by atoms with Crippen LogP contribution in [0.1, 0.15) is 24.0 Å². The summed E-state index contributed by atoms with van der Waals surface area (Å²) in [6.07, 6.45) is 8.25. The SMILES string of the molecule is Cc1cc2c(o1)C=C[C-](C)C=C2.[CH3-].[CH3-].[Li+]. The van der Waals surface area contributed by atoms with E-state index in [1.54, 1.807) is 0 Å². The van der Waals surface area contributed by atoms with E-state index in [0.717, 1.165) is 11.5 Å². The molecule has 0 aliphatic heterocycles. The number of furan rings is 1. The Hall–Kier alpha value is -0.773. The van der Waals surface area contributed by atoms with E-state index in [9.17, 15) is 0 Å². The van der Waals surface area contributed by atoms with Crippen LogP contribution < -0.4 is 18.9 Å². The molecule has 0 N–H and O–H groups in total. The van der Waals surface area contributed by atoms with E-state index >= 15 is 0 Å². The van der Waals surface area contributed by atoms with Gasteiger partial charge in [0.2, 0.25) is 0 Å². The minimum atomic E-state index is 0. The molecule has 0 amide bonds. The summed E-state index contributed by atoms with van der Waals surface area (Å²) in [6.45, 7) is 4.04. The van der Waals surface area contributed by atoms with Crippen molar-refractivity contribution in [2.45, 2.75) is 13.8 Å². The second-order valence-electron chi connectivity index (χ2n) is 3.09. The molecule has 0 atom stereocenters. The normalized spacial score (nSPS) is 11.7. The molecule has 2 heteroatoms. The Morgan fingerprint density at radius 2 is 1.73 bits per heavy atom. The summed E-state index contributed by atoms with van der Waals surface area (Å²) in [5.74, 6) is 3.17. The van der Waals surface area contributed by atoms with Gasteiger partial charge in [-0.05, 0) is 18.6 Å². The van der Waals surface area contributed by atoms with E-state index in [4.69, 9.17) is 4.42 Å². The van der Waals surface area contributed by atoms with Gasteiger partial charge in [-0.25, -0.2) is 0 Å². The van der Waals surface area contributed by atoms with Gasteiger partial charge in [0.1, 0.15) is 0 Å². The zero-order valence-corrected chi connectivity index (χ0v) is 10.3. The molecular formula is C13H17LiO-2. The van der Waals surface area contributed by atoms with Crippen molar-refractivity contribution in [1.29, 1.82) is 0 Å². The molecule has 15 heavy (non-hydrogen) atoms. The van der Waals surface area contributed by atoms with Crippen molar-refractivity contribution in [3.63, 3.8) is 0 Å².